The van der Waals surface area contributed by atoms with E-state index in [-0.39, 0.29) is 33.8 Å². The maximum absolute atomic E-state index is 11.8. The van der Waals surface area contributed by atoms with Gasteiger partial charge in [0.1, 0.15) is 31.8 Å². The van der Waals surface area contributed by atoms with Gasteiger partial charge in [-0.1, -0.05) is 70.7 Å². The zero-order chi connectivity index (χ0) is 37.9. The quantitative estimate of drug-likeness (QED) is 0.0828. The predicted molar refractivity (Wildman–Crippen MR) is 201 cm³/mol. The highest BCUT2D eigenvalue weighted by molar-refractivity contribution is 7.99. The second-order valence-corrected chi connectivity index (χ2v) is 17.3. The third kappa shape index (κ3) is 18.5. The number of carbonyl (C=O) groups is 2. The van der Waals surface area contributed by atoms with Gasteiger partial charge >= 0.3 is 11.9 Å². The van der Waals surface area contributed by atoms with Gasteiger partial charge in [0.2, 0.25) is 15.0 Å². The van der Waals surface area contributed by atoms with E-state index in [1.165, 1.54) is 23.9 Å². The van der Waals surface area contributed by atoms with E-state index < -0.39 is 21.0 Å². The van der Waals surface area contributed by atoms with Gasteiger partial charge in [0.15, 0.2) is 5.16 Å². The highest BCUT2D eigenvalue weighted by Crippen LogP contribution is 2.27. The third-order valence-corrected chi connectivity index (χ3v) is 8.02. The molecule has 4 rings (SSSR count). The van der Waals surface area contributed by atoms with Crippen molar-refractivity contribution in [1.82, 2.24) is 19.9 Å². The molecule has 270 valence electrons. The Bertz CT molecular complexity index is 1830. The number of thiol groups is 1. The van der Waals surface area contributed by atoms with E-state index in [0.29, 0.717) is 21.9 Å². The Kier molecular flexibility index (Phi) is 16.8. The summed E-state index contributed by atoms with van der Waals surface area (Å²) in [7, 11) is -3.44. The molecule has 0 radical (unpaired) electrons. The smallest absolute Gasteiger partial charge is 0.310 e. The first-order chi connectivity index (χ1) is 23.0. The maximum Gasteiger partial charge on any atom is 0.310 e. The minimum atomic E-state index is -3.44. The largest absolute Gasteiger partial charge is 0.460 e. The van der Waals surface area contributed by atoms with Crippen molar-refractivity contribution >= 4 is 92.6 Å². The summed E-state index contributed by atoms with van der Waals surface area (Å²) in [6.45, 7) is 11.1. The van der Waals surface area contributed by atoms with Crippen LogP contribution in [0.5, 0.6) is 0 Å². The summed E-state index contributed by atoms with van der Waals surface area (Å²) in [5.74, 6) is -0.447. The van der Waals surface area contributed by atoms with Gasteiger partial charge in [0.25, 0.3) is 0 Å². The maximum atomic E-state index is 11.8. The predicted octanol–water partition coefficient (Wildman–Crippen LogP) is 8.87. The van der Waals surface area contributed by atoms with Crippen LogP contribution in [0.3, 0.4) is 0 Å². The highest BCUT2D eigenvalue weighted by Gasteiger charge is 2.17. The Morgan fingerprint density at radius 3 is 1.40 bits per heavy atom. The van der Waals surface area contributed by atoms with Gasteiger partial charge in [-0.05, 0) is 88.7 Å². The van der Waals surface area contributed by atoms with Gasteiger partial charge in [-0.2, -0.15) is 0 Å². The number of sulfone groups is 1. The van der Waals surface area contributed by atoms with Crippen LogP contribution < -0.4 is 0 Å². The lowest BCUT2D eigenvalue weighted by atomic mass is 10.1. The summed E-state index contributed by atoms with van der Waals surface area (Å²) in [5.41, 5.74) is 0.937. The lowest BCUT2D eigenvalue weighted by Crippen LogP contribution is -2.24. The normalized spacial score (nSPS) is 11.4. The molecular weight excluding hydrogens is 786 g/mol. The second kappa shape index (κ2) is 19.3. The fourth-order valence-electron chi connectivity index (χ4n) is 3.44. The van der Waals surface area contributed by atoms with E-state index >= 15 is 0 Å². The number of nitrogens with zero attached hydrogens (tertiary/aromatic N) is 4. The lowest BCUT2D eigenvalue weighted by Gasteiger charge is -2.19. The number of aromatic nitrogens is 4. The van der Waals surface area contributed by atoms with Gasteiger partial charge < -0.3 is 9.47 Å². The summed E-state index contributed by atoms with van der Waals surface area (Å²) in [5, 5.41) is 0.733. The molecule has 4 aromatic rings. The monoisotopic (exact) mass is 820 g/mol. The average Bonchev–Trinajstić information content (AvgIpc) is 2.93. The van der Waals surface area contributed by atoms with Gasteiger partial charge in [0.05, 0.1) is 12.8 Å². The van der Waals surface area contributed by atoms with Gasteiger partial charge in [-0.15, -0.1) is 12.6 Å². The molecule has 2 heterocycles. The minimum Gasteiger partial charge on any atom is -0.460 e. The molecule has 0 saturated carbocycles. The summed E-state index contributed by atoms with van der Waals surface area (Å²) in [6, 6.07) is 17.8. The van der Waals surface area contributed by atoms with Crippen molar-refractivity contribution in [3.8, 4) is 0 Å². The Hall–Kier alpha value is -2.65. The summed E-state index contributed by atoms with van der Waals surface area (Å²) in [6.07, 6.45) is 1.53. The molecule has 0 saturated heterocycles. The number of hydrogen-bond acceptors (Lipinski definition) is 12. The van der Waals surface area contributed by atoms with E-state index in [0.717, 1.165) is 27.2 Å². The molecule has 2 aromatic heterocycles. The molecule has 0 spiro atoms. The van der Waals surface area contributed by atoms with Crippen LogP contribution in [0.2, 0.25) is 20.6 Å². The zero-order valence-electron chi connectivity index (χ0n) is 28.2. The van der Waals surface area contributed by atoms with Crippen LogP contribution in [0.4, 0.5) is 0 Å². The van der Waals surface area contributed by atoms with Crippen LogP contribution in [-0.2, 0) is 41.7 Å². The highest BCUT2D eigenvalue weighted by atomic mass is 35.5. The van der Waals surface area contributed by atoms with Crippen molar-refractivity contribution in [2.45, 2.75) is 85.7 Å². The summed E-state index contributed by atoms with van der Waals surface area (Å²) in [4.78, 5) is 40.3. The number of hydrogen-bond donors (Lipinski definition) is 1. The standard InChI is InChI=1S/C16H16Cl2N2O2S.C12H16O2S.C5H4Cl2N2O2S/c1-16(2,3)22-14(21)8-10-4-6-11(7-5-10)23-15-19-12(17)9-13(18)20-15;1-12(2,3)14-11(13)8-9-4-6-10(15)7-5-9;1-12(10,11)5-8-3(6)2-4(7)9-5/h4-7,9H,8H2,1-3H3;4-7,15H,8H2,1-3H3;2H,1H3. The number of esters is 2. The van der Waals surface area contributed by atoms with E-state index in [4.69, 9.17) is 55.9 Å². The van der Waals surface area contributed by atoms with E-state index in [2.05, 4.69) is 32.6 Å². The van der Waals surface area contributed by atoms with Gasteiger partial charge in [0, 0.05) is 28.2 Å². The lowest BCUT2D eigenvalue weighted by molar-refractivity contribution is -0.155. The first kappa shape index (κ1) is 43.5. The first-order valence-corrected chi connectivity index (χ1v) is 19.2. The summed E-state index contributed by atoms with van der Waals surface area (Å²) < 4.78 is 32.3. The number of halogens is 4. The third-order valence-electron chi connectivity index (χ3n) is 5.22. The number of rotatable bonds is 7. The van der Waals surface area contributed by atoms with Crippen molar-refractivity contribution in [2.75, 3.05) is 6.26 Å². The van der Waals surface area contributed by atoms with E-state index in [1.807, 2.05) is 90.1 Å². The van der Waals surface area contributed by atoms with Crippen molar-refractivity contribution in [3.63, 3.8) is 0 Å². The molecule has 0 fully saturated rings. The van der Waals surface area contributed by atoms with Crippen molar-refractivity contribution in [2.24, 2.45) is 0 Å². The molecule has 0 unspecified atom stereocenters. The van der Waals surface area contributed by atoms with Crippen LogP contribution in [0.25, 0.3) is 0 Å². The number of benzene rings is 2. The molecule has 0 bridgehead atoms. The SMILES string of the molecule is CC(C)(C)OC(=O)Cc1ccc(S)cc1.CC(C)(C)OC(=O)Cc1ccc(Sc2nc(Cl)cc(Cl)n2)cc1.CS(=O)(=O)c1nc(Cl)cc(Cl)n1. The van der Waals surface area contributed by atoms with Crippen molar-refractivity contribution < 1.29 is 27.5 Å². The minimum absolute atomic E-state index is 0.00965. The van der Waals surface area contributed by atoms with Crippen LogP contribution in [0, 0.1) is 0 Å². The first-order valence-electron chi connectivity index (χ1n) is 14.6. The Balaban J connectivity index is 0.000000278. The number of carbonyl (C=O) groups excluding carboxylic acids is 2. The van der Waals surface area contributed by atoms with Crippen LogP contribution in [0.15, 0.2) is 80.8 Å². The Labute approximate surface area is 322 Å². The molecule has 0 aliphatic heterocycles. The van der Waals surface area contributed by atoms with Crippen LogP contribution >= 0.6 is 70.8 Å². The van der Waals surface area contributed by atoms with Crippen LogP contribution in [0.1, 0.15) is 52.7 Å². The molecule has 17 heteroatoms. The Morgan fingerprint density at radius 2 is 1.04 bits per heavy atom. The van der Waals surface area contributed by atoms with Gasteiger partial charge in [-0.25, -0.2) is 28.4 Å². The molecule has 10 nitrogen and oxygen atoms in total. The zero-order valence-corrected chi connectivity index (χ0v) is 33.8. The fourth-order valence-corrected chi connectivity index (χ4v) is 5.93. The topological polar surface area (TPSA) is 138 Å². The summed E-state index contributed by atoms with van der Waals surface area (Å²) >= 11 is 28.1. The van der Waals surface area contributed by atoms with Crippen molar-refractivity contribution in [1.29, 1.82) is 0 Å². The molecule has 50 heavy (non-hydrogen) atoms. The van der Waals surface area contributed by atoms with Crippen LogP contribution in [-0.4, -0.2) is 57.8 Å². The van der Waals surface area contributed by atoms with Gasteiger partial charge in [-0.3, -0.25) is 9.59 Å². The molecule has 0 N–H and O–H groups in total. The molecule has 0 aliphatic carbocycles. The Morgan fingerprint density at radius 1 is 0.680 bits per heavy atom. The fraction of sp³-hybridized carbons (Fsp3) is 0.333. The van der Waals surface area contributed by atoms with E-state index in [9.17, 15) is 18.0 Å². The van der Waals surface area contributed by atoms with Crippen molar-refractivity contribution in [3.05, 3.63) is 92.4 Å². The molecular formula is C33H36Cl4N4O6S3. The second-order valence-electron chi connectivity index (χ2n) is 12.3. The molecule has 2 aromatic carbocycles. The molecule has 0 amide bonds. The van der Waals surface area contributed by atoms with E-state index in [1.54, 1.807) is 0 Å². The average molecular weight is 823 g/mol. The number of ether oxygens (including phenoxy) is 2. The molecule has 0 aliphatic rings. The molecule has 0 atom stereocenters.